The van der Waals surface area contributed by atoms with Gasteiger partial charge in [-0.1, -0.05) is 6.07 Å². The summed E-state index contributed by atoms with van der Waals surface area (Å²) in [7, 11) is 1.89. The van der Waals surface area contributed by atoms with Crippen LogP contribution in [0.2, 0.25) is 0 Å². The zero-order chi connectivity index (χ0) is 16.9. The number of nitrogens with zero attached hydrogens (tertiary/aromatic N) is 1. The number of amides is 2. The molecule has 1 unspecified atom stereocenters. The fourth-order valence-corrected chi connectivity index (χ4v) is 3.05. The summed E-state index contributed by atoms with van der Waals surface area (Å²) in [6.45, 7) is 1.56. The molecular weight excluding hydrogens is 306 g/mol. The Morgan fingerprint density at radius 3 is 2.92 bits per heavy atom. The molecule has 0 bridgehead atoms. The highest BCUT2D eigenvalue weighted by Crippen LogP contribution is 2.21. The lowest BCUT2D eigenvalue weighted by Gasteiger charge is -2.24. The van der Waals surface area contributed by atoms with E-state index in [9.17, 15) is 9.59 Å². The van der Waals surface area contributed by atoms with Crippen molar-refractivity contribution in [2.75, 3.05) is 25.5 Å². The summed E-state index contributed by atoms with van der Waals surface area (Å²) in [5.74, 6) is -0.0963. The molecule has 3 rings (SSSR count). The summed E-state index contributed by atoms with van der Waals surface area (Å²) in [5, 5.41) is 5.89. The van der Waals surface area contributed by atoms with E-state index in [4.69, 9.17) is 4.42 Å². The maximum absolute atomic E-state index is 12.8. The SMILES string of the molecule is CNCC1CCCN1C(=O)c1cccc(NC(=O)c2ccco2)c1. The Kier molecular flexibility index (Phi) is 4.96. The number of hydrogen-bond donors (Lipinski definition) is 2. The van der Waals surface area contributed by atoms with Gasteiger partial charge >= 0.3 is 0 Å². The Bertz CT molecular complexity index is 712. The molecule has 2 aromatic rings. The van der Waals surface area contributed by atoms with E-state index in [0.717, 1.165) is 25.9 Å². The lowest BCUT2D eigenvalue weighted by molar-refractivity contribution is 0.0736. The minimum atomic E-state index is -0.334. The highest BCUT2D eigenvalue weighted by atomic mass is 16.3. The van der Waals surface area contributed by atoms with Gasteiger partial charge in [-0.25, -0.2) is 0 Å². The minimum Gasteiger partial charge on any atom is -0.459 e. The molecule has 1 fully saturated rings. The number of furan rings is 1. The molecule has 1 aliphatic rings. The molecule has 2 amide bonds. The van der Waals surface area contributed by atoms with Gasteiger partial charge in [0.2, 0.25) is 0 Å². The van der Waals surface area contributed by atoms with Crippen LogP contribution in [0.4, 0.5) is 5.69 Å². The van der Waals surface area contributed by atoms with Gasteiger partial charge in [0.05, 0.1) is 6.26 Å². The molecule has 1 atom stereocenters. The van der Waals surface area contributed by atoms with Crippen molar-refractivity contribution in [1.82, 2.24) is 10.2 Å². The second-order valence-corrected chi connectivity index (χ2v) is 5.86. The summed E-state index contributed by atoms with van der Waals surface area (Å²) in [5.41, 5.74) is 1.15. The Morgan fingerprint density at radius 1 is 1.29 bits per heavy atom. The lowest BCUT2D eigenvalue weighted by atomic mass is 10.1. The van der Waals surface area contributed by atoms with Gasteiger partial charge in [0.15, 0.2) is 5.76 Å². The van der Waals surface area contributed by atoms with Crippen LogP contribution in [0, 0.1) is 0 Å². The van der Waals surface area contributed by atoms with Crippen LogP contribution in [0.25, 0.3) is 0 Å². The van der Waals surface area contributed by atoms with E-state index in [1.807, 2.05) is 11.9 Å². The van der Waals surface area contributed by atoms with Gasteiger partial charge in [0.25, 0.3) is 11.8 Å². The molecule has 6 heteroatoms. The zero-order valence-electron chi connectivity index (χ0n) is 13.6. The first-order chi connectivity index (χ1) is 11.7. The average molecular weight is 327 g/mol. The molecule has 1 aromatic heterocycles. The number of likely N-dealkylation sites (N-methyl/N-ethyl adjacent to an activating group) is 1. The summed E-state index contributed by atoms with van der Waals surface area (Å²) in [6, 6.07) is 10.5. The van der Waals surface area contributed by atoms with E-state index in [-0.39, 0.29) is 23.6 Å². The first-order valence-corrected chi connectivity index (χ1v) is 8.09. The third-order valence-corrected chi connectivity index (χ3v) is 4.19. The number of rotatable bonds is 5. The fraction of sp³-hybridized carbons (Fsp3) is 0.333. The lowest BCUT2D eigenvalue weighted by Crippen LogP contribution is -2.40. The van der Waals surface area contributed by atoms with E-state index in [1.165, 1.54) is 6.26 Å². The number of hydrogen-bond acceptors (Lipinski definition) is 4. The van der Waals surface area contributed by atoms with Gasteiger partial charge in [-0.15, -0.1) is 0 Å². The molecule has 126 valence electrons. The van der Waals surface area contributed by atoms with Crippen LogP contribution in [-0.4, -0.2) is 42.9 Å². The maximum atomic E-state index is 12.8. The van der Waals surface area contributed by atoms with Crippen LogP contribution in [-0.2, 0) is 0 Å². The zero-order valence-corrected chi connectivity index (χ0v) is 13.6. The van der Waals surface area contributed by atoms with Gasteiger partial charge < -0.3 is 20.0 Å². The Labute approximate surface area is 140 Å². The van der Waals surface area contributed by atoms with Crippen LogP contribution >= 0.6 is 0 Å². The number of carbonyl (C=O) groups excluding carboxylic acids is 2. The molecule has 0 spiro atoms. The molecule has 24 heavy (non-hydrogen) atoms. The van der Waals surface area contributed by atoms with E-state index >= 15 is 0 Å². The second-order valence-electron chi connectivity index (χ2n) is 5.86. The third-order valence-electron chi connectivity index (χ3n) is 4.19. The highest BCUT2D eigenvalue weighted by Gasteiger charge is 2.28. The maximum Gasteiger partial charge on any atom is 0.291 e. The summed E-state index contributed by atoms with van der Waals surface area (Å²) < 4.78 is 5.07. The smallest absolute Gasteiger partial charge is 0.291 e. The van der Waals surface area contributed by atoms with Crippen molar-refractivity contribution in [3.05, 3.63) is 54.0 Å². The average Bonchev–Trinajstić information content (AvgIpc) is 3.26. The molecule has 1 aliphatic heterocycles. The quantitative estimate of drug-likeness (QED) is 0.884. The monoisotopic (exact) mass is 327 g/mol. The topological polar surface area (TPSA) is 74.6 Å². The van der Waals surface area contributed by atoms with Crippen molar-refractivity contribution in [1.29, 1.82) is 0 Å². The van der Waals surface area contributed by atoms with Crippen molar-refractivity contribution in [3.63, 3.8) is 0 Å². The predicted molar refractivity (Wildman–Crippen MR) is 91.1 cm³/mol. The first-order valence-electron chi connectivity index (χ1n) is 8.09. The van der Waals surface area contributed by atoms with Crippen molar-refractivity contribution in [2.24, 2.45) is 0 Å². The van der Waals surface area contributed by atoms with E-state index < -0.39 is 0 Å². The highest BCUT2D eigenvalue weighted by molar-refractivity contribution is 6.03. The van der Waals surface area contributed by atoms with Gasteiger partial charge in [-0.3, -0.25) is 9.59 Å². The van der Waals surface area contributed by atoms with Gasteiger partial charge in [-0.2, -0.15) is 0 Å². The van der Waals surface area contributed by atoms with Gasteiger partial charge in [0, 0.05) is 30.4 Å². The van der Waals surface area contributed by atoms with E-state index in [1.54, 1.807) is 36.4 Å². The predicted octanol–water partition coefficient (Wildman–Crippen LogP) is 2.36. The molecule has 1 saturated heterocycles. The van der Waals surface area contributed by atoms with E-state index in [2.05, 4.69) is 10.6 Å². The van der Waals surface area contributed by atoms with E-state index in [0.29, 0.717) is 11.3 Å². The number of benzene rings is 1. The second kappa shape index (κ2) is 7.31. The third kappa shape index (κ3) is 3.49. The molecule has 0 aliphatic carbocycles. The van der Waals surface area contributed by atoms with Crippen LogP contribution in [0.5, 0.6) is 0 Å². The van der Waals surface area contributed by atoms with Crippen molar-refractivity contribution in [3.8, 4) is 0 Å². The van der Waals surface area contributed by atoms with Crippen molar-refractivity contribution in [2.45, 2.75) is 18.9 Å². The van der Waals surface area contributed by atoms with Crippen LogP contribution in [0.1, 0.15) is 33.8 Å². The molecule has 2 heterocycles. The summed E-state index contributed by atoms with van der Waals surface area (Å²) >= 11 is 0. The molecule has 2 N–H and O–H groups in total. The number of anilines is 1. The van der Waals surface area contributed by atoms with Gasteiger partial charge in [0.1, 0.15) is 0 Å². The van der Waals surface area contributed by atoms with Crippen molar-refractivity contribution >= 4 is 17.5 Å². The molecule has 6 nitrogen and oxygen atoms in total. The number of likely N-dealkylation sites (tertiary alicyclic amines) is 1. The Balaban J connectivity index is 1.73. The molecule has 0 saturated carbocycles. The largest absolute Gasteiger partial charge is 0.459 e. The summed E-state index contributed by atoms with van der Waals surface area (Å²) in [4.78, 5) is 26.7. The fourth-order valence-electron chi connectivity index (χ4n) is 3.05. The minimum absolute atomic E-state index is 0.00171. The first kappa shape index (κ1) is 16.3. The van der Waals surface area contributed by atoms with Crippen LogP contribution in [0.3, 0.4) is 0 Å². The normalized spacial score (nSPS) is 17.0. The molecular formula is C18H21N3O3. The van der Waals surface area contributed by atoms with Crippen LogP contribution in [0.15, 0.2) is 47.1 Å². The Hall–Kier alpha value is -2.60. The number of nitrogens with one attached hydrogen (secondary N) is 2. The molecule has 0 radical (unpaired) electrons. The molecule has 1 aromatic carbocycles. The standard InChI is InChI=1S/C18H21N3O3/c1-19-12-15-7-3-9-21(15)18(23)13-5-2-6-14(11-13)20-17(22)16-8-4-10-24-16/h2,4-6,8,10-11,15,19H,3,7,9,12H2,1H3,(H,20,22). The van der Waals surface area contributed by atoms with Gasteiger partial charge in [-0.05, 0) is 50.2 Å². The summed E-state index contributed by atoms with van der Waals surface area (Å²) in [6.07, 6.45) is 3.48. The number of carbonyl (C=O) groups is 2. The van der Waals surface area contributed by atoms with Crippen molar-refractivity contribution < 1.29 is 14.0 Å². The van der Waals surface area contributed by atoms with Crippen LogP contribution < -0.4 is 10.6 Å². The Morgan fingerprint density at radius 2 is 2.17 bits per heavy atom.